The van der Waals surface area contributed by atoms with E-state index in [-0.39, 0.29) is 22.9 Å². The minimum atomic E-state index is -0.904. The molecule has 0 saturated heterocycles. The average molecular weight is 428 g/mol. The van der Waals surface area contributed by atoms with Crippen LogP contribution in [0.1, 0.15) is 24.2 Å². The van der Waals surface area contributed by atoms with Gasteiger partial charge in [0, 0.05) is 10.5 Å². The predicted octanol–water partition coefficient (Wildman–Crippen LogP) is 4.31. The molecule has 0 spiro atoms. The standard InChI is InChI=1S/C18H16BrF2NO4/c1-10(2)26-18(24)11-3-5-13(6-4-11)25-9-16(23)22-17-14(19)7-12(20)8-15(17)21/h3-8,10H,9H2,1-2H3,(H,22,23). The van der Waals surface area contributed by atoms with Crippen molar-refractivity contribution in [2.45, 2.75) is 20.0 Å². The third-order valence-electron chi connectivity index (χ3n) is 3.07. The second kappa shape index (κ2) is 8.75. The fourth-order valence-electron chi connectivity index (χ4n) is 1.96. The number of esters is 1. The third kappa shape index (κ3) is 5.52. The van der Waals surface area contributed by atoms with Gasteiger partial charge < -0.3 is 14.8 Å². The van der Waals surface area contributed by atoms with Crippen molar-refractivity contribution in [1.29, 1.82) is 0 Å². The maximum absolute atomic E-state index is 13.7. The van der Waals surface area contributed by atoms with Crippen molar-refractivity contribution in [2.24, 2.45) is 0 Å². The Balaban J connectivity index is 1.92. The Morgan fingerprint density at radius 2 is 1.81 bits per heavy atom. The Bertz CT molecular complexity index is 786. The average Bonchev–Trinajstić information content (AvgIpc) is 2.56. The van der Waals surface area contributed by atoms with E-state index in [1.807, 2.05) is 0 Å². The van der Waals surface area contributed by atoms with E-state index in [4.69, 9.17) is 9.47 Å². The summed E-state index contributed by atoms with van der Waals surface area (Å²) in [5.74, 6) is -2.40. The number of carbonyl (C=O) groups is 2. The number of benzene rings is 2. The Morgan fingerprint density at radius 1 is 1.15 bits per heavy atom. The summed E-state index contributed by atoms with van der Waals surface area (Å²) >= 11 is 2.98. The van der Waals surface area contributed by atoms with Crippen LogP contribution in [-0.4, -0.2) is 24.6 Å². The van der Waals surface area contributed by atoms with Gasteiger partial charge in [-0.3, -0.25) is 4.79 Å². The van der Waals surface area contributed by atoms with Crippen LogP contribution in [0, 0.1) is 11.6 Å². The Kier molecular flexibility index (Phi) is 6.68. The van der Waals surface area contributed by atoms with Gasteiger partial charge in [0.1, 0.15) is 11.6 Å². The number of ether oxygens (including phenoxy) is 2. The zero-order valence-electron chi connectivity index (χ0n) is 14.0. The van der Waals surface area contributed by atoms with Crippen LogP contribution < -0.4 is 10.1 Å². The maximum atomic E-state index is 13.7. The monoisotopic (exact) mass is 427 g/mol. The molecule has 1 N–H and O–H groups in total. The van der Waals surface area contributed by atoms with E-state index in [0.717, 1.165) is 6.07 Å². The molecule has 0 fully saturated rings. The fraction of sp³-hybridized carbons (Fsp3) is 0.222. The molecule has 0 heterocycles. The summed E-state index contributed by atoms with van der Waals surface area (Å²) in [5, 5.41) is 2.30. The molecule has 0 bridgehead atoms. The molecule has 0 aliphatic carbocycles. The summed E-state index contributed by atoms with van der Waals surface area (Å²) in [4.78, 5) is 23.6. The number of nitrogens with one attached hydrogen (secondary N) is 1. The smallest absolute Gasteiger partial charge is 0.338 e. The molecular weight excluding hydrogens is 412 g/mol. The first-order valence-electron chi connectivity index (χ1n) is 7.64. The van der Waals surface area contributed by atoms with Crippen LogP contribution in [0.4, 0.5) is 14.5 Å². The van der Waals surface area contributed by atoms with E-state index >= 15 is 0 Å². The number of halogens is 3. The van der Waals surface area contributed by atoms with Crippen molar-refractivity contribution in [2.75, 3.05) is 11.9 Å². The highest BCUT2D eigenvalue weighted by Crippen LogP contribution is 2.26. The molecule has 5 nitrogen and oxygen atoms in total. The van der Waals surface area contributed by atoms with Crippen LogP contribution in [0.5, 0.6) is 5.75 Å². The van der Waals surface area contributed by atoms with Crippen molar-refractivity contribution in [1.82, 2.24) is 0 Å². The van der Waals surface area contributed by atoms with Gasteiger partial charge >= 0.3 is 5.97 Å². The lowest BCUT2D eigenvalue weighted by Crippen LogP contribution is -2.21. The third-order valence-corrected chi connectivity index (χ3v) is 3.70. The summed E-state index contributed by atoms with van der Waals surface area (Å²) in [6.07, 6.45) is -0.228. The highest BCUT2D eigenvalue weighted by atomic mass is 79.9. The van der Waals surface area contributed by atoms with Crippen LogP contribution >= 0.6 is 15.9 Å². The number of carbonyl (C=O) groups excluding carboxylic acids is 2. The SMILES string of the molecule is CC(C)OC(=O)c1ccc(OCC(=O)Nc2c(F)cc(F)cc2Br)cc1. The molecular formula is C18H16BrF2NO4. The number of hydrogen-bond donors (Lipinski definition) is 1. The number of anilines is 1. The van der Waals surface area contributed by atoms with Gasteiger partial charge in [-0.25, -0.2) is 13.6 Å². The minimum Gasteiger partial charge on any atom is -0.484 e. The molecule has 0 radical (unpaired) electrons. The maximum Gasteiger partial charge on any atom is 0.338 e. The molecule has 0 unspecified atom stereocenters. The van der Waals surface area contributed by atoms with Crippen LogP contribution in [-0.2, 0) is 9.53 Å². The van der Waals surface area contributed by atoms with E-state index in [0.29, 0.717) is 17.4 Å². The van der Waals surface area contributed by atoms with Gasteiger partial charge in [-0.2, -0.15) is 0 Å². The summed E-state index contributed by atoms with van der Waals surface area (Å²) in [6, 6.07) is 7.74. The van der Waals surface area contributed by atoms with Gasteiger partial charge in [-0.1, -0.05) is 0 Å². The lowest BCUT2D eigenvalue weighted by atomic mass is 10.2. The predicted molar refractivity (Wildman–Crippen MR) is 95.2 cm³/mol. The zero-order valence-corrected chi connectivity index (χ0v) is 15.6. The van der Waals surface area contributed by atoms with Gasteiger partial charge in [0.2, 0.25) is 0 Å². The van der Waals surface area contributed by atoms with Gasteiger partial charge in [0.15, 0.2) is 12.4 Å². The van der Waals surface area contributed by atoms with Crippen molar-refractivity contribution in [3.63, 3.8) is 0 Å². The van der Waals surface area contributed by atoms with Crippen LogP contribution in [0.25, 0.3) is 0 Å². The Morgan fingerprint density at radius 3 is 2.38 bits per heavy atom. The second-order valence-corrected chi connectivity index (χ2v) is 6.41. The molecule has 0 aromatic heterocycles. The van der Waals surface area contributed by atoms with Gasteiger partial charge in [-0.05, 0) is 60.1 Å². The van der Waals surface area contributed by atoms with Gasteiger partial charge in [-0.15, -0.1) is 0 Å². The van der Waals surface area contributed by atoms with Gasteiger partial charge in [0.05, 0.1) is 17.4 Å². The summed E-state index contributed by atoms with van der Waals surface area (Å²) in [7, 11) is 0. The first-order chi connectivity index (χ1) is 12.3. The topological polar surface area (TPSA) is 64.6 Å². The van der Waals surface area contributed by atoms with Crippen molar-refractivity contribution in [3.05, 3.63) is 58.1 Å². The molecule has 8 heteroatoms. The number of amides is 1. The Hall–Kier alpha value is -2.48. The largest absolute Gasteiger partial charge is 0.484 e. The van der Waals surface area contributed by atoms with Gasteiger partial charge in [0.25, 0.3) is 5.91 Å². The summed E-state index contributed by atoms with van der Waals surface area (Å²) in [6.45, 7) is 3.10. The minimum absolute atomic E-state index is 0.0800. The molecule has 26 heavy (non-hydrogen) atoms. The summed E-state index contributed by atoms with van der Waals surface area (Å²) in [5.41, 5.74) is 0.180. The van der Waals surface area contributed by atoms with E-state index in [9.17, 15) is 18.4 Å². The molecule has 0 saturated carbocycles. The second-order valence-electron chi connectivity index (χ2n) is 5.56. The lowest BCUT2D eigenvalue weighted by molar-refractivity contribution is -0.118. The quantitative estimate of drug-likeness (QED) is 0.697. The van der Waals surface area contributed by atoms with Crippen LogP contribution in [0.15, 0.2) is 40.9 Å². The molecule has 2 aromatic carbocycles. The van der Waals surface area contributed by atoms with E-state index < -0.39 is 23.5 Å². The number of hydrogen-bond acceptors (Lipinski definition) is 4. The first-order valence-corrected chi connectivity index (χ1v) is 8.44. The fourth-order valence-corrected chi connectivity index (χ4v) is 2.46. The first kappa shape index (κ1) is 19.8. The molecule has 2 aromatic rings. The number of rotatable bonds is 6. The van der Waals surface area contributed by atoms with E-state index in [2.05, 4.69) is 21.2 Å². The van der Waals surface area contributed by atoms with Crippen LogP contribution in [0.2, 0.25) is 0 Å². The van der Waals surface area contributed by atoms with E-state index in [1.165, 1.54) is 24.3 Å². The summed E-state index contributed by atoms with van der Waals surface area (Å²) < 4.78 is 37.1. The Labute approximate surface area is 157 Å². The van der Waals surface area contributed by atoms with Crippen LogP contribution in [0.3, 0.4) is 0 Å². The molecule has 0 aliphatic rings. The molecule has 138 valence electrons. The molecule has 0 atom stereocenters. The van der Waals surface area contributed by atoms with Crippen molar-refractivity contribution < 1.29 is 27.8 Å². The lowest BCUT2D eigenvalue weighted by Gasteiger charge is -2.11. The molecule has 1 amide bonds. The van der Waals surface area contributed by atoms with E-state index in [1.54, 1.807) is 13.8 Å². The highest BCUT2D eigenvalue weighted by Gasteiger charge is 2.14. The molecule has 2 rings (SSSR count). The zero-order chi connectivity index (χ0) is 19.3. The van der Waals surface area contributed by atoms with Crippen molar-refractivity contribution in [3.8, 4) is 5.75 Å². The molecule has 0 aliphatic heterocycles. The van der Waals surface area contributed by atoms with Crippen molar-refractivity contribution >= 4 is 33.5 Å². The highest BCUT2D eigenvalue weighted by molar-refractivity contribution is 9.10. The normalized spacial score (nSPS) is 10.5.